The molecule has 5 nitrogen and oxygen atoms in total. The van der Waals surface area contributed by atoms with E-state index >= 15 is 0 Å². The van der Waals surface area contributed by atoms with Gasteiger partial charge in [-0.3, -0.25) is 4.79 Å². The molecule has 0 aromatic heterocycles. The summed E-state index contributed by atoms with van der Waals surface area (Å²) in [6, 6.07) is 6.25. The van der Waals surface area contributed by atoms with Gasteiger partial charge in [0, 0.05) is 7.05 Å². The highest BCUT2D eigenvalue weighted by Crippen LogP contribution is 2.07. The predicted octanol–water partition coefficient (Wildman–Crippen LogP) is 0.441. The van der Waals surface area contributed by atoms with E-state index in [-0.39, 0.29) is 12.3 Å². The number of benzene rings is 1. The molecule has 18 heavy (non-hydrogen) atoms. The van der Waals surface area contributed by atoms with Gasteiger partial charge in [0.15, 0.2) is 6.04 Å². The molecule has 5 heteroatoms. The van der Waals surface area contributed by atoms with Gasteiger partial charge in [-0.05, 0) is 12.5 Å². The lowest BCUT2D eigenvalue weighted by Crippen LogP contribution is -2.45. The summed E-state index contributed by atoms with van der Waals surface area (Å²) in [7, 11) is 1.38. The van der Waals surface area contributed by atoms with Crippen LogP contribution in [0.4, 0.5) is 0 Å². The number of carbonyl (C=O) groups is 2. The molecule has 1 unspecified atom stereocenters. The van der Waals surface area contributed by atoms with Gasteiger partial charge >= 0.3 is 5.97 Å². The molecule has 0 radical (unpaired) electrons. The standard InChI is InChI=1S/C13H17NO4/c1-9-3-5-10(6-4-9)7-12(16)14(2)11(8-15)13(17)18/h3-6,11,15H,7-8H2,1-2H3,(H,17,18). The average Bonchev–Trinajstić information content (AvgIpc) is 2.32. The van der Waals surface area contributed by atoms with Crippen LogP contribution in [0.15, 0.2) is 24.3 Å². The fraction of sp³-hybridized carbons (Fsp3) is 0.385. The zero-order valence-corrected chi connectivity index (χ0v) is 10.5. The number of rotatable bonds is 5. The van der Waals surface area contributed by atoms with E-state index in [4.69, 9.17) is 10.2 Å². The second kappa shape index (κ2) is 6.16. The van der Waals surface area contributed by atoms with Gasteiger partial charge in [0.05, 0.1) is 13.0 Å². The minimum Gasteiger partial charge on any atom is -0.480 e. The maximum atomic E-state index is 11.9. The molecule has 1 amide bonds. The number of aliphatic carboxylic acids is 1. The Balaban J connectivity index is 2.70. The first-order valence-electron chi connectivity index (χ1n) is 5.60. The van der Waals surface area contributed by atoms with E-state index in [0.717, 1.165) is 16.0 Å². The van der Waals surface area contributed by atoms with Gasteiger partial charge in [-0.15, -0.1) is 0 Å². The van der Waals surface area contributed by atoms with Crippen LogP contribution in [0.5, 0.6) is 0 Å². The van der Waals surface area contributed by atoms with Crippen LogP contribution in [0.2, 0.25) is 0 Å². The van der Waals surface area contributed by atoms with Crippen LogP contribution in [0.25, 0.3) is 0 Å². The first-order chi connectivity index (χ1) is 8.45. The number of hydrogen-bond acceptors (Lipinski definition) is 3. The molecule has 0 saturated carbocycles. The van der Waals surface area contributed by atoms with Crippen LogP contribution in [-0.4, -0.2) is 46.7 Å². The van der Waals surface area contributed by atoms with E-state index in [1.165, 1.54) is 7.05 Å². The zero-order valence-electron chi connectivity index (χ0n) is 10.5. The maximum Gasteiger partial charge on any atom is 0.328 e. The lowest BCUT2D eigenvalue weighted by molar-refractivity contribution is -0.150. The molecule has 0 saturated heterocycles. The summed E-state index contributed by atoms with van der Waals surface area (Å²) in [5.41, 5.74) is 1.91. The number of aliphatic hydroxyl groups is 1. The summed E-state index contributed by atoms with van der Waals surface area (Å²) < 4.78 is 0. The van der Waals surface area contributed by atoms with Gasteiger partial charge < -0.3 is 15.1 Å². The Kier molecular flexibility index (Phi) is 4.85. The lowest BCUT2D eigenvalue weighted by atomic mass is 10.1. The van der Waals surface area contributed by atoms with E-state index in [2.05, 4.69) is 0 Å². The number of hydrogen-bond donors (Lipinski definition) is 2. The van der Waals surface area contributed by atoms with Gasteiger partial charge in [0.2, 0.25) is 5.91 Å². The van der Waals surface area contributed by atoms with Crippen LogP contribution < -0.4 is 0 Å². The Morgan fingerprint density at radius 2 is 1.83 bits per heavy atom. The summed E-state index contributed by atoms with van der Waals surface area (Å²) in [6.07, 6.45) is 0.126. The molecular formula is C13H17NO4. The Labute approximate surface area is 106 Å². The van der Waals surface area contributed by atoms with Crippen molar-refractivity contribution in [3.63, 3.8) is 0 Å². The second-order valence-electron chi connectivity index (χ2n) is 4.20. The maximum absolute atomic E-state index is 11.9. The quantitative estimate of drug-likeness (QED) is 0.796. The van der Waals surface area contributed by atoms with Crippen LogP contribution in [0, 0.1) is 6.92 Å². The van der Waals surface area contributed by atoms with Gasteiger partial charge in [-0.25, -0.2) is 4.79 Å². The summed E-state index contributed by atoms with van der Waals surface area (Å²) >= 11 is 0. The monoisotopic (exact) mass is 251 g/mol. The van der Waals surface area contributed by atoms with Crippen LogP contribution >= 0.6 is 0 Å². The van der Waals surface area contributed by atoms with E-state index in [0.29, 0.717) is 0 Å². The number of amides is 1. The van der Waals surface area contributed by atoms with Crippen LogP contribution in [0.1, 0.15) is 11.1 Å². The number of carbonyl (C=O) groups excluding carboxylic acids is 1. The lowest BCUT2D eigenvalue weighted by Gasteiger charge is -2.23. The number of carboxylic acid groups (broad SMARTS) is 1. The topological polar surface area (TPSA) is 77.8 Å². The Hall–Kier alpha value is -1.88. The highest BCUT2D eigenvalue weighted by atomic mass is 16.4. The van der Waals surface area contributed by atoms with Gasteiger partial charge in [0.1, 0.15) is 0 Å². The summed E-state index contributed by atoms with van der Waals surface area (Å²) in [5.74, 6) is -1.54. The Bertz CT molecular complexity index is 427. The zero-order chi connectivity index (χ0) is 13.7. The van der Waals surface area contributed by atoms with Gasteiger partial charge in [0.25, 0.3) is 0 Å². The fourth-order valence-electron chi connectivity index (χ4n) is 1.55. The van der Waals surface area contributed by atoms with Crippen molar-refractivity contribution in [3.8, 4) is 0 Å². The third-order valence-electron chi connectivity index (χ3n) is 2.79. The van der Waals surface area contributed by atoms with Crippen molar-refractivity contribution < 1.29 is 19.8 Å². The molecular weight excluding hydrogens is 234 g/mol. The Morgan fingerprint density at radius 1 is 1.28 bits per heavy atom. The van der Waals surface area contributed by atoms with Crippen molar-refractivity contribution in [3.05, 3.63) is 35.4 Å². The van der Waals surface area contributed by atoms with Crippen molar-refractivity contribution in [2.24, 2.45) is 0 Å². The van der Waals surface area contributed by atoms with Crippen molar-refractivity contribution in [2.75, 3.05) is 13.7 Å². The molecule has 0 aliphatic rings. The molecule has 0 heterocycles. The molecule has 0 bridgehead atoms. The molecule has 0 aliphatic carbocycles. The Morgan fingerprint density at radius 3 is 2.28 bits per heavy atom. The molecule has 98 valence electrons. The van der Waals surface area contributed by atoms with Crippen molar-refractivity contribution in [2.45, 2.75) is 19.4 Å². The number of nitrogens with zero attached hydrogens (tertiary/aromatic N) is 1. The second-order valence-corrected chi connectivity index (χ2v) is 4.20. The number of carboxylic acids is 1. The molecule has 0 spiro atoms. The molecule has 2 N–H and O–H groups in total. The highest BCUT2D eigenvalue weighted by molar-refractivity contribution is 5.84. The van der Waals surface area contributed by atoms with E-state index < -0.39 is 18.6 Å². The van der Waals surface area contributed by atoms with E-state index in [1.54, 1.807) is 0 Å². The minimum atomic E-state index is -1.21. The largest absolute Gasteiger partial charge is 0.480 e. The van der Waals surface area contributed by atoms with E-state index in [9.17, 15) is 9.59 Å². The number of likely N-dealkylation sites (N-methyl/N-ethyl adjacent to an activating group) is 1. The molecule has 1 atom stereocenters. The average molecular weight is 251 g/mol. The SMILES string of the molecule is Cc1ccc(CC(=O)N(C)C(CO)C(=O)O)cc1. The van der Waals surface area contributed by atoms with Crippen molar-refractivity contribution in [1.82, 2.24) is 4.90 Å². The summed E-state index contributed by atoms with van der Waals surface area (Å²) in [6.45, 7) is 1.36. The summed E-state index contributed by atoms with van der Waals surface area (Å²) in [4.78, 5) is 23.7. The first kappa shape index (κ1) is 14.2. The third kappa shape index (κ3) is 3.56. The highest BCUT2D eigenvalue weighted by Gasteiger charge is 2.25. The minimum absolute atomic E-state index is 0.126. The van der Waals surface area contributed by atoms with Gasteiger partial charge in [-0.1, -0.05) is 29.8 Å². The fourth-order valence-corrected chi connectivity index (χ4v) is 1.55. The van der Waals surface area contributed by atoms with Crippen molar-refractivity contribution >= 4 is 11.9 Å². The van der Waals surface area contributed by atoms with Crippen LogP contribution in [-0.2, 0) is 16.0 Å². The first-order valence-corrected chi connectivity index (χ1v) is 5.60. The smallest absolute Gasteiger partial charge is 0.328 e. The molecule has 1 aromatic carbocycles. The molecule has 0 aliphatic heterocycles. The van der Waals surface area contributed by atoms with Gasteiger partial charge in [-0.2, -0.15) is 0 Å². The normalized spacial score (nSPS) is 11.9. The molecule has 1 aromatic rings. The summed E-state index contributed by atoms with van der Waals surface area (Å²) in [5, 5.41) is 17.8. The van der Waals surface area contributed by atoms with E-state index in [1.807, 2.05) is 31.2 Å². The third-order valence-corrected chi connectivity index (χ3v) is 2.79. The molecule has 0 fully saturated rings. The predicted molar refractivity (Wildman–Crippen MR) is 66.2 cm³/mol. The number of aryl methyl sites for hydroxylation is 1. The number of aliphatic hydroxyl groups excluding tert-OH is 1. The van der Waals surface area contributed by atoms with Crippen molar-refractivity contribution in [1.29, 1.82) is 0 Å². The van der Waals surface area contributed by atoms with Crippen LogP contribution in [0.3, 0.4) is 0 Å². The molecule has 1 rings (SSSR count).